The van der Waals surface area contributed by atoms with Gasteiger partial charge in [-0.15, -0.1) is 0 Å². The van der Waals surface area contributed by atoms with Crippen LogP contribution in [0.4, 0.5) is 5.69 Å². The molecular formula is C13H17N5S. The van der Waals surface area contributed by atoms with Crippen molar-refractivity contribution < 1.29 is 0 Å². The first-order chi connectivity index (χ1) is 9.29. The van der Waals surface area contributed by atoms with Crippen LogP contribution in [0, 0.1) is 0 Å². The maximum atomic E-state index is 5.92. The van der Waals surface area contributed by atoms with Crippen molar-refractivity contribution in [2.45, 2.75) is 41.4 Å². The molecule has 0 radical (unpaired) electrons. The van der Waals surface area contributed by atoms with E-state index in [9.17, 15) is 0 Å². The molecule has 2 aromatic rings. The van der Waals surface area contributed by atoms with Crippen LogP contribution in [0.25, 0.3) is 0 Å². The molecule has 6 heteroatoms. The largest absolute Gasteiger partial charge is 0.382 e. The maximum Gasteiger partial charge on any atom is 0.188 e. The molecule has 5 nitrogen and oxygen atoms in total. The van der Waals surface area contributed by atoms with Crippen molar-refractivity contribution >= 4 is 17.4 Å². The van der Waals surface area contributed by atoms with Gasteiger partial charge in [-0.1, -0.05) is 11.8 Å². The Morgan fingerprint density at radius 3 is 2.74 bits per heavy atom. The Morgan fingerprint density at radius 1 is 1.26 bits per heavy atom. The monoisotopic (exact) mass is 275 g/mol. The highest BCUT2D eigenvalue weighted by Gasteiger charge is 2.21. The number of benzene rings is 1. The van der Waals surface area contributed by atoms with Gasteiger partial charge in [0.05, 0.1) is 0 Å². The summed E-state index contributed by atoms with van der Waals surface area (Å²) in [6.45, 7) is 0. The van der Waals surface area contributed by atoms with Gasteiger partial charge in [-0.3, -0.25) is 5.10 Å². The molecule has 100 valence electrons. The maximum absolute atomic E-state index is 5.92. The minimum Gasteiger partial charge on any atom is -0.382 e. The Balaban J connectivity index is 1.59. The molecule has 1 aliphatic carbocycles. The number of aromatic amines is 1. The molecule has 0 bridgehead atoms. The number of aromatic nitrogens is 3. The minimum atomic E-state index is 0.360. The number of anilines is 1. The second-order valence-corrected chi connectivity index (χ2v) is 5.89. The fourth-order valence-corrected chi connectivity index (χ4v) is 3.05. The van der Waals surface area contributed by atoms with Crippen molar-refractivity contribution in [3.8, 4) is 0 Å². The van der Waals surface area contributed by atoms with E-state index in [0.29, 0.717) is 12.1 Å². The molecule has 1 aromatic carbocycles. The van der Waals surface area contributed by atoms with Crippen LogP contribution in [0.15, 0.2) is 40.6 Å². The summed E-state index contributed by atoms with van der Waals surface area (Å²) in [5, 5.41) is 11.0. The molecule has 4 N–H and O–H groups in total. The molecule has 0 saturated heterocycles. The highest BCUT2D eigenvalue weighted by molar-refractivity contribution is 7.99. The number of nitrogens with zero attached hydrogens (tertiary/aromatic N) is 2. The Hall–Kier alpha value is -1.53. The van der Waals surface area contributed by atoms with Gasteiger partial charge >= 0.3 is 0 Å². The van der Waals surface area contributed by atoms with Crippen LogP contribution in [-0.2, 0) is 0 Å². The van der Waals surface area contributed by atoms with E-state index in [4.69, 9.17) is 5.73 Å². The van der Waals surface area contributed by atoms with E-state index < -0.39 is 0 Å². The molecule has 3 rings (SSSR count). The van der Waals surface area contributed by atoms with Gasteiger partial charge < -0.3 is 11.1 Å². The molecule has 2 unspecified atom stereocenters. The summed E-state index contributed by atoms with van der Waals surface area (Å²) in [6.07, 6.45) is 4.86. The zero-order chi connectivity index (χ0) is 13.1. The van der Waals surface area contributed by atoms with Crippen LogP contribution in [0.2, 0.25) is 0 Å². The Kier molecular flexibility index (Phi) is 3.70. The number of nitrogens with two attached hydrogens (primary N) is 1. The van der Waals surface area contributed by atoms with Crippen molar-refractivity contribution in [2.24, 2.45) is 5.73 Å². The second-order valence-electron chi connectivity index (χ2n) is 4.83. The summed E-state index contributed by atoms with van der Waals surface area (Å²) in [4.78, 5) is 5.24. The van der Waals surface area contributed by atoms with Gasteiger partial charge in [-0.2, -0.15) is 5.10 Å². The van der Waals surface area contributed by atoms with Crippen LogP contribution in [-0.4, -0.2) is 27.3 Å². The zero-order valence-electron chi connectivity index (χ0n) is 10.5. The Labute approximate surface area is 116 Å². The predicted molar refractivity (Wildman–Crippen MR) is 76.2 cm³/mol. The van der Waals surface area contributed by atoms with Gasteiger partial charge in [0, 0.05) is 22.7 Å². The van der Waals surface area contributed by atoms with Crippen molar-refractivity contribution in [1.29, 1.82) is 0 Å². The number of rotatable bonds is 4. The van der Waals surface area contributed by atoms with E-state index in [1.165, 1.54) is 6.33 Å². The van der Waals surface area contributed by atoms with Crippen LogP contribution in [0.3, 0.4) is 0 Å². The molecule has 1 aromatic heterocycles. The van der Waals surface area contributed by atoms with E-state index >= 15 is 0 Å². The van der Waals surface area contributed by atoms with Crippen molar-refractivity contribution in [3.05, 3.63) is 30.6 Å². The third-order valence-corrected chi connectivity index (χ3v) is 4.20. The molecule has 0 amide bonds. The molecule has 19 heavy (non-hydrogen) atoms. The second kappa shape index (κ2) is 5.63. The highest BCUT2D eigenvalue weighted by Crippen LogP contribution is 2.27. The zero-order valence-corrected chi connectivity index (χ0v) is 11.4. The summed E-state index contributed by atoms with van der Waals surface area (Å²) in [7, 11) is 0. The van der Waals surface area contributed by atoms with Gasteiger partial charge in [0.25, 0.3) is 0 Å². The van der Waals surface area contributed by atoms with E-state index in [-0.39, 0.29) is 0 Å². The minimum absolute atomic E-state index is 0.360. The average Bonchev–Trinajstić information content (AvgIpc) is 3.04. The quantitative estimate of drug-likeness (QED) is 0.797. The van der Waals surface area contributed by atoms with Crippen LogP contribution in [0.5, 0.6) is 0 Å². The Bertz CT molecular complexity index is 510. The lowest BCUT2D eigenvalue weighted by atomic mass is 10.2. The van der Waals surface area contributed by atoms with Gasteiger partial charge in [0.15, 0.2) is 5.16 Å². The van der Waals surface area contributed by atoms with Gasteiger partial charge in [-0.25, -0.2) is 4.98 Å². The van der Waals surface area contributed by atoms with E-state index in [1.807, 2.05) is 0 Å². The number of nitrogens with one attached hydrogen (secondary N) is 2. The summed E-state index contributed by atoms with van der Waals surface area (Å²) in [5.41, 5.74) is 7.07. The molecule has 1 aliphatic rings. The summed E-state index contributed by atoms with van der Waals surface area (Å²) >= 11 is 1.57. The first kappa shape index (κ1) is 12.5. The molecule has 0 spiro atoms. The SMILES string of the molecule is NC1CCC(Nc2ccc(Sc3ncn[nH]3)cc2)C1. The van der Waals surface area contributed by atoms with Gasteiger partial charge in [0.1, 0.15) is 6.33 Å². The third kappa shape index (κ3) is 3.27. The van der Waals surface area contributed by atoms with Crippen molar-refractivity contribution in [1.82, 2.24) is 15.2 Å². The molecule has 1 heterocycles. The molecule has 0 aliphatic heterocycles. The molecule has 2 atom stereocenters. The fraction of sp³-hybridized carbons (Fsp3) is 0.385. The van der Waals surface area contributed by atoms with E-state index in [1.54, 1.807) is 11.8 Å². The van der Waals surface area contributed by atoms with Crippen molar-refractivity contribution in [2.75, 3.05) is 5.32 Å². The van der Waals surface area contributed by atoms with Gasteiger partial charge in [-0.05, 0) is 43.5 Å². The van der Waals surface area contributed by atoms with Crippen LogP contribution < -0.4 is 11.1 Å². The summed E-state index contributed by atoms with van der Waals surface area (Å²) in [5.74, 6) is 0. The highest BCUT2D eigenvalue weighted by atomic mass is 32.2. The standard InChI is InChI=1S/C13H17N5S/c14-9-1-2-11(7-9)17-10-3-5-12(6-4-10)19-13-15-8-16-18-13/h3-6,8-9,11,17H,1-2,7,14H2,(H,15,16,18). The topological polar surface area (TPSA) is 79.6 Å². The lowest BCUT2D eigenvalue weighted by Crippen LogP contribution is -2.20. The molecule has 1 saturated carbocycles. The first-order valence-electron chi connectivity index (χ1n) is 6.45. The smallest absolute Gasteiger partial charge is 0.188 e. The average molecular weight is 275 g/mol. The van der Waals surface area contributed by atoms with Crippen LogP contribution in [0.1, 0.15) is 19.3 Å². The summed E-state index contributed by atoms with van der Waals surface area (Å²) < 4.78 is 0. The van der Waals surface area contributed by atoms with E-state index in [0.717, 1.165) is 35.0 Å². The Morgan fingerprint density at radius 2 is 2.11 bits per heavy atom. The number of hydrogen-bond acceptors (Lipinski definition) is 5. The number of H-pyrrole nitrogens is 1. The fourth-order valence-electron chi connectivity index (χ4n) is 2.36. The van der Waals surface area contributed by atoms with Crippen molar-refractivity contribution in [3.63, 3.8) is 0 Å². The first-order valence-corrected chi connectivity index (χ1v) is 7.26. The number of hydrogen-bond donors (Lipinski definition) is 3. The summed E-state index contributed by atoms with van der Waals surface area (Å²) in [6, 6.07) is 9.25. The van der Waals surface area contributed by atoms with Gasteiger partial charge in [0.2, 0.25) is 0 Å². The third-order valence-electron chi connectivity index (χ3n) is 3.31. The van der Waals surface area contributed by atoms with Crippen LogP contribution >= 0.6 is 11.8 Å². The molecule has 1 fully saturated rings. The lowest BCUT2D eigenvalue weighted by Gasteiger charge is -2.14. The predicted octanol–water partition coefficient (Wildman–Crippen LogP) is 2.25. The molecular weight excluding hydrogens is 258 g/mol. The lowest BCUT2D eigenvalue weighted by molar-refractivity contribution is 0.688. The normalized spacial score (nSPS) is 22.6. The van der Waals surface area contributed by atoms with E-state index in [2.05, 4.69) is 44.8 Å².